The van der Waals surface area contributed by atoms with Crippen molar-refractivity contribution in [2.24, 2.45) is 12.8 Å². The lowest BCUT2D eigenvalue weighted by molar-refractivity contribution is -0.120. The lowest BCUT2D eigenvalue weighted by atomic mass is 10.1. The fourth-order valence-electron chi connectivity index (χ4n) is 2.76. The molecule has 0 spiro atoms. The third kappa shape index (κ3) is 3.67. The average molecular weight is 390 g/mol. The Morgan fingerprint density at radius 2 is 2.21 bits per heavy atom. The second-order valence-electron chi connectivity index (χ2n) is 6.15. The number of nitrogens with one attached hydrogen (secondary N) is 1. The summed E-state index contributed by atoms with van der Waals surface area (Å²) in [6.45, 7) is 0.916. The van der Waals surface area contributed by atoms with Crippen molar-refractivity contribution in [2.75, 3.05) is 6.61 Å². The quantitative estimate of drug-likeness (QED) is 0.546. The molecule has 1 unspecified atom stereocenters. The molecule has 0 radical (unpaired) electrons. The monoisotopic (exact) mass is 390 g/mol. The molecule has 2 heterocycles. The second kappa shape index (κ2) is 7.69. The first-order chi connectivity index (χ1) is 13.3. The number of aliphatic hydroxyl groups excluding tert-OH is 1. The number of halogens is 1. The van der Waals surface area contributed by atoms with Crippen molar-refractivity contribution in [1.29, 1.82) is 0 Å². The highest BCUT2D eigenvalue weighted by atomic mass is 19.1. The van der Waals surface area contributed by atoms with Gasteiger partial charge in [-0.1, -0.05) is 0 Å². The molecule has 0 saturated heterocycles. The van der Waals surface area contributed by atoms with Crippen molar-refractivity contribution < 1.29 is 28.2 Å². The summed E-state index contributed by atoms with van der Waals surface area (Å²) in [6.07, 6.45) is 1.10. The summed E-state index contributed by atoms with van der Waals surface area (Å²) < 4.78 is 26.2. The Labute approximate surface area is 158 Å². The van der Waals surface area contributed by atoms with Gasteiger partial charge < -0.3 is 25.3 Å². The normalized spacial score (nSPS) is 12.1. The van der Waals surface area contributed by atoms with Gasteiger partial charge in [-0.2, -0.15) is 5.10 Å². The Morgan fingerprint density at radius 3 is 2.82 bits per heavy atom. The van der Waals surface area contributed by atoms with Crippen LogP contribution in [-0.4, -0.2) is 39.4 Å². The predicted molar refractivity (Wildman–Crippen MR) is 96.0 cm³/mol. The first kappa shape index (κ1) is 19.4. The molecule has 0 saturated carbocycles. The molecule has 0 bridgehead atoms. The fraction of sp³-hybridized carbons (Fsp3) is 0.278. The van der Waals surface area contributed by atoms with Crippen molar-refractivity contribution in [2.45, 2.75) is 19.6 Å². The smallest absolute Gasteiger partial charge is 0.256 e. The minimum absolute atomic E-state index is 0.0551. The third-order valence-electron chi connectivity index (χ3n) is 4.28. The average Bonchev–Trinajstić information content (AvgIpc) is 3.15. The topological polar surface area (TPSA) is 133 Å². The number of carbonyl (C=O) groups excluding carboxylic acids is 2. The van der Waals surface area contributed by atoms with Crippen LogP contribution in [-0.2, 0) is 18.4 Å². The molecule has 4 N–H and O–H groups in total. The van der Waals surface area contributed by atoms with Crippen molar-refractivity contribution >= 4 is 22.8 Å². The highest BCUT2D eigenvalue weighted by Gasteiger charge is 2.23. The number of benzene rings is 1. The Morgan fingerprint density at radius 1 is 1.46 bits per heavy atom. The van der Waals surface area contributed by atoms with Crippen molar-refractivity contribution in [3.8, 4) is 5.75 Å². The van der Waals surface area contributed by atoms with E-state index in [0.29, 0.717) is 22.5 Å². The number of nitrogens with zero attached hydrogens (tertiary/aromatic N) is 2. The zero-order valence-electron chi connectivity index (χ0n) is 15.2. The molecule has 10 heteroatoms. The number of hydrogen-bond acceptors (Lipinski definition) is 6. The number of furan rings is 1. The van der Waals surface area contributed by atoms with Crippen molar-refractivity contribution in [1.82, 2.24) is 15.1 Å². The largest absolute Gasteiger partial charge is 0.487 e. The van der Waals surface area contributed by atoms with E-state index in [1.807, 2.05) is 0 Å². The van der Waals surface area contributed by atoms with E-state index in [-0.39, 0.29) is 17.9 Å². The summed E-state index contributed by atoms with van der Waals surface area (Å²) in [5.41, 5.74) is 6.03. The van der Waals surface area contributed by atoms with Crippen LogP contribution in [0, 0.1) is 12.7 Å². The van der Waals surface area contributed by atoms with Crippen LogP contribution in [0.25, 0.3) is 11.0 Å². The van der Waals surface area contributed by atoms with Crippen LogP contribution in [0.3, 0.4) is 0 Å². The van der Waals surface area contributed by atoms with Crippen LogP contribution in [0.1, 0.15) is 21.8 Å². The number of ether oxygens (including phenoxy) is 1. The van der Waals surface area contributed by atoms with Gasteiger partial charge in [0.1, 0.15) is 35.4 Å². The van der Waals surface area contributed by atoms with Crippen LogP contribution in [0.15, 0.2) is 28.8 Å². The summed E-state index contributed by atoms with van der Waals surface area (Å²) in [5.74, 6) is -1.25. The number of fused-ring (bicyclic) bond motifs is 1. The lowest BCUT2D eigenvalue weighted by Crippen LogP contribution is -2.46. The highest BCUT2D eigenvalue weighted by Crippen LogP contribution is 2.29. The maximum atomic E-state index is 13.7. The van der Waals surface area contributed by atoms with E-state index in [1.165, 1.54) is 4.68 Å². The minimum atomic E-state index is -1.22. The van der Waals surface area contributed by atoms with E-state index in [9.17, 15) is 19.1 Å². The fourth-order valence-corrected chi connectivity index (χ4v) is 2.76. The number of rotatable bonds is 7. The Hall–Kier alpha value is -3.40. The molecule has 1 atom stereocenters. The van der Waals surface area contributed by atoms with E-state index in [4.69, 9.17) is 14.9 Å². The Bertz CT molecular complexity index is 1020. The number of carbonyl (C=O) groups is 2. The summed E-state index contributed by atoms with van der Waals surface area (Å²) in [5, 5.41) is 15.8. The van der Waals surface area contributed by atoms with Crippen LogP contribution in [0.2, 0.25) is 0 Å². The Kier molecular flexibility index (Phi) is 5.32. The van der Waals surface area contributed by atoms with Gasteiger partial charge in [0, 0.05) is 12.4 Å². The molecule has 3 rings (SSSR count). The number of aromatic nitrogens is 2. The molecule has 0 aliphatic carbocycles. The van der Waals surface area contributed by atoms with E-state index in [0.717, 1.165) is 6.20 Å². The maximum absolute atomic E-state index is 13.7. The van der Waals surface area contributed by atoms with Gasteiger partial charge in [0.2, 0.25) is 5.91 Å². The van der Waals surface area contributed by atoms with Crippen LogP contribution < -0.4 is 15.8 Å². The molecule has 2 amide bonds. The second-order valence-corrected chi connectivity index (χ2v) is 6.15. The highest BCUT2D eigenvalue weighted by molar-refractivity contribution is 6.08. The van der Waals surface area contributed by atoms with Gasteiger partial charge in [-0.3, -0.25) is 14.3 Å². The van der Waals surface area contributed by atoms with Gasteiger partial charge in [-0.15, -0.1) is 0 Å². The molecular weight excluding hydrogens is 371 g/mol. The van der Waals surface area contributed by atoms with E-state index >= 15 is 0 Å². The van der Waals surface area contributed by atoms with Gasteiger partial charge in [0.15, 0.2) is 5.82 Å². The molecule has 28 heavy (non-hydrogen) atoms. The van der Waals surface area contributed by atoms with Gasteiger partial charge in [0.25, 0.3) is 5.91 Å². The number of amides is 2. The molecule has 0 aliphatic rings. The van der Waals surface area contributed by atoms with E-state index < -0.39 is 30.3 Å². The summed E-state index contributed by atoms with van der Waals surface area (Å²) >= 11 is 0. The zero-order valence-corrected chi connectivity index (χ0v) is 15.2. The van der Waals surface area contributed by atoms with Gasteiger partial charge in [-0.05, 0) is 25.1 Å². The molecule has 0 aliphatic heterocycles. The standard InChI is InChI=1S/C18H19FN4O5/c1-9-16(18(26)22-13(7-24)17(20)25)11-5-10(3-4-15(11)28-9)27-8-14-12(19)6-21-23(14)2/h3-6,13,24H,7-8H2,1-2H3,(H2,20,25)(H,22,26). The molecule has 1 aromatic carbocycles. The maximum Gasteiger partial charge on any atom is 0.256 e. The summed E-state index contributed by atoms with van der Waals surface area (Å²) in [6, 6.07) is 3.60. The number of aliphatic hydroxyl groups is 1. The lowest BCUT2D eigenvalue weighted by Gasteiger charge is -2.12. The van der Waals surface area contributed by atoms with Crippen LogP contribution in [0.4, 0.5) is 4.39 Å². The number of hydrogen-bond donors (Lipinski definition) is 3. The zero-order chi connectivity index (χ0) is 20.4. The van der Waals surface area contributed by atoms with Crippen molar-refractivity contribution in [3.05, 3.63) is 47.2 Å². The number of primary amides is 1. The first-order valence-corrected chi connectivity index (χ1v) is 8.35. The third-order valence-corrected chi connectivity index (χ3v) is 4.28. The van der Waals surface area contributed by atoms with Gasteiger partial charge in [0.05, 0.1) is 18.4 Å². The molecule has 3 aromatic rings. The summed E-state index contributed by atoms with van der Waals surface area (Å²) in [7, 11) is 1.60. The SMILES string of the molecule is Cc1oc2ccc(OCc3c(F)cnn3C)cc2c1C(=O)NC(CO)C(N)=O. The summed E-state index contributed by atoms with van der Waals surface area (Å²) in [4.78, 5) is 23.8. The van der Waals surface area contributed by atoms with Gasteiger partial charge >= 0.3 is 0 Å². The molecular formula is C18H19FN4O5. The van der Waals surface area contributed by atoms with Crippen molar-refractivity contribution in [3.63, 3.8) is 0 Å². The predicted octanol–water partition coefficient (Wildman–Crippen LogP) is 0.769. The molecule has 0 fully saturated rings. The van der Waals surface area contributed by atoms with Gasteiger partial charge in [-0.25, -0.2) is 4.39 Å². The molecule has 148 valence electrons. The van der Waals surface area contributed by atoms with Crippen LogP contribution in [0.5, 0.6) is 5.75 Å². The molecule has 2 aromatic heterocycles. The first-order valence-electron chi connectivity index (χ1n) is 8.35. The minimum Gasteiger partial charge on any atom is -0.487 e. The van der Waals surface area contributed by atoms with E-state index in [2.05, 4.69) is 10.4 Å². The molecule has 9 nitrogen and oxygen atoms in total. The Balaban J connectivity index is 1.87. The number of nitrogens with two attached hydrogens (primary N) is 1. The van der Waals surface area contributed by atoms with E-state index in [1.54, 1.807) is 32.2 Å². The number of aryl methyl sites for hydroxylation is 2. The van der Waals surface area contributed by atoms with Crippen LogP contribution >= 0.6 is 0 Å².